The minimum Gasteiger partial charge on any atom is -0.310 e. The summed E-state index contributed by atoms with van der Waals surface area (Å²) >= 11 is 5.93. The number of nitrogens with zero attached hydrogens (tertiary/aromatic N) is 1. The summed E-state index contributed by atoms with van der Waals surface area (Å²) in [4.78, 5) is 2.34. The summed E-state index contributed by atoms with van der Waals surface area (Å²) in [5.41, 5.74) is 0.709. The molecule has 0 amide bonds. The van der Waals surface area contributed by atoms with Gasteiger partial charge in [0.25, 0.3) is 0 Å². The van der Waals surface area contributed by atoms with Crippen molar-refractivity contribution in [3.63, 3.8) is 0 Å². The number of likely N-dealkylation sites (tertiary alicyclic amines) is 1. The molecule has 2 aliphatic rings. The van der Waals surface area contributed by atoms with Crippen molar-refractivity contribution in [2.24, 2.45) is 0 Å². The molecular formula is C14H18ClFN2. The summed E-state index contributed by atoms with van der Waals surface area (Å²) in [5.74, 6) is -0.151. The molecular weight excluding hydrogens is 251 g/mol. The first-order chi connectivity index (χ1) is 8.70. The quantitative estimate of drug-likeness (QED) is 0.887. The van der Waals surface area contributed by atoms with Gasteiger partial charge in [-0.25, -0.2) is 4.39 Å². The van der Waals surface area contributed by atoms with E-state index >= 15 is 0 Å². The highest BCUT2D eigenvalue weighted by atomic mass is 35.5. The van der Waals surface area contributed by atoms with Crippen LogP contribution in [0.25, 0.3) is 0 Å². The van der Waals surface area contributed by atoms with E-state index < -0.39 is 0 Å². The van der Waals surface area contributed by atoms with Crippen molar-refractivity contribution in [2.75, 3.05) is 13.1 Å². The van der Waals surface area contributed by atoms with Crippen LogP contribution in [0.4, 0.5) is 4.39 Å². The SMILES string of the molecule is Fc1ccc(Cl)cc1CN1CCC2CCC(C1)N2. The number of rotatable bonds is 2. The maximum absolute atomic E-state index is 13.7. The minimum atomic E-state index is -0.151. The predicted molar refractivity (Wildman–Crippen MR) is 71.2 cm³/mol. The Hall–Kier alpha value is -0.640. The van der Waals surface area contributed by atoms with Gasteiger partial charge >= 0.3 is 0 Å². The fourth-order valence-electron chi connectivity index (χ4n) is 3.06. The standard InChI is InChI=1S/C14H18ClFN2/c15-11-1-4-14(16)10(7-11)8-18-6-5-12-2-3-13(9-18)17-12/h1,4,7,12-13,17H,2-3,5-6,8-9H2. The first-order valence-electron chi connectivity index (χ1n) is 6.63. The third-order valence-corrected chi connectivity index (χ3v) is 4.24. The molecule has 1 N–H and O–H groups in total. The van der Waals surface area contributed by atoms with E-state index in [2.05, 4.69) is 10.2 Å². The van der Waals surface area contributed by atoms with E-state index in [4.69, 9.17) is 11.6 Å². The molecule has 0 spiro atoms. The van der Waals surface area contributed by atoms with Crippen molar-refractivity contribution < 1.29 is 4.39 Å². The number of hydrogen-bond acceptors (Lipinski definition) is 2. The number of hydrogen-bond donors (Lipinski definition) is 1. The molecule has 2 aliphatic heterocycles. The fourth-order valence-corrected chi connectivity index (χ4v) is 3.26. The van der Waals surface area contributed by atoms with Crippen LogP contribution in [0.5, 0.6) is 0 Å². The smallest absolute Gasteiger partial charge is 0.127 e. The van der Waals surface area contributed by atoms with Crippen LogP contribution in [0.15, 0.2) is 18.2 Å². The molecule has 4 heteroatoms. The number of halogens is 2. The fraction of sp³-hybridized carbons (Fsp3) is 0.571. The van der Waals surface area contributed by atoms with E-state index in [1.54, 1.807) is 12.1 Å². The molecule has 2 bridgehead atoms. The van der Waals surface area contributed by atoms with Crippen LogP contribution in [0.2, 0.25) is 5.02 Å². The van der Waals surface area contributed by atoms with Gasteiger partial charge in [0.2, 0.25) is 0 Å². The van der Waals surface area contributed by atoms with Crippen molar-refractivity contribution in [1.29, 1.82) is 0 Å². The zero-order chi connectivity index (χ0) is 12.5. The molecule has 18 heavy (non-hydrogen) atoms. The maximum Gasteiger partial charge on any atom is 0.127 e. The highest BCUT2D eigenvalue weighted by Gasteiger charge is 2.29. The summed E-state index contributed by atoms with van der Waals surface area (Å²) in [6, 6.07) is 6.06. The van der Waals surface area contributed by atoms with Gasteiger partial charge in [-0.05, 0) is 37.5 Å². The molecule has 1 aromatic rings. The lowest BCUT2D eigenvalue weighted by Gasteiger charge is -2.24. The van der Waals surface area contributed by atoms with Gasteiger partial charge in [0.05, 0.1) is 0 Å². The molecule has 2 saturated heterocycles. The maximum atomic E-state index is 13.7. The Morgan fingerprint density at radius 3 is 3.00 bits per heavy atom. The lowest BCUT2D eigenvalue weighted by Crippen LogP contribution is -2.35. The topological polar surface area (TPSA) is 15.3 Å². The van der Waals surface area contributed by atoms with Crippen molar-refractivity contribution in [3.8, 4) is 0 Å². The predicted octanol–water partition coefficient (Wildman–Crippen LogP) is 2.81. The molecule has 0 radical (unpaired) electrons. The Morgan fingerprint density at radius 2 is 2.11 bits per heavy atom. The van der Waals surface area contributed by atoms with E-state index in [0.29, 0.717) is 29.2 Å². The average Bonchev–Trinajstić information content (AvgIpc) is 2.67. The van der Waals surface area contributed by atoms with Gasteiger partial charge in [-0.2, -0.15) is 0 Å². The van der Waals surface area contributed by atoms with E-state index in [9.17, 15) is 4.39 Å². The van der Waals surface area contributed by atoms with E-state index in [1.165, 1.54) is 25.3 Å². The van der Waals surface area contributed by atoms with E-state index in [1.807, 2.05) is 0 Å². The zero-order valence-electron chi connectivity index (χ0n) is 10.3. The highest BCUT2D eigenvalue weighted by molar-refractivity contribution is 6.30. The summed E-state index contributed by atoms with van der Waals surface area (Å²) in [5, 5.41) is 4.24. The van der Waals surface area contributed by atoms with Crippen LogP contribution < -0.4 is 5.32 Å². The highest BCUT2D eigenvalue weighted by Crippen LogP contribution is 2.23. The van der Waals surface area contributed by atoms with Crippen LogP contribution in [0, 0.1) is 5.82 Å². The van der Waals surface area contributed by atoms with Gasteiger partial charge in [-0.1, -0.05) is 11.6 Å². The molecule has 0 aromatic heterocycles. The first-order valence-corrected chi connectivity index (χ1v) is 7.01. The van der Waals surface area contributed by atoms with Crippen LogP contribution in [0.3, 0.4) is 0 Å². The van der Waals surface area contributed by atoms with Crippen molar-refractivity contribution in [3.05, 3.63) is 34.6 Å². The molecule has 98 valence electrons. The normalized spacial score (nSPS) is 28.3. The van der Waals surface area contributed by atoms with Gasteiger partial charge in [0, 0.05) is 42.3 Å². The van der Waals surface area contributed by atoms with Crippen molar-refractivity contribution in [2.45, 2.75) is 37.9 Å². The Balaban J connectivity index is 1.70. The molecule has 2 heterocycles. The Labute approximate surface area is 112 Å². The summed E-state index contributed by atoms with van der Waals surface area (Å²) in [6.45, 7) is 2.72. The lowest BCUT2D eigenvalue weighted by molar-refractivity contribution is 0.247. The third-order valence-electron chi connectivity index (χ3n) is 4.01. The number of benzene rings is 1. The molecule has 2 atom stereocenters. The first kappa shape index (κ1) is 12.4. The molecule has 0 aliphatic carbocycles. The molecule has 0 saturated carbocycles. The van der Waals surface area contributed by atoms with Gasteiger partial charge in [-0.3, -0.25) is 4.90 Å². The summed E-state index contributed by atoms with van der Waals surface area (Å²) in [6.07, 6.45) is 3.71. The lowest BCUT2D eigenvalue weighted by atomic mass is 10.1. The molecule has 3 rings (SSSR count). The summed E-state index contributed by atoms with van der Waals surface area (Å²) in [7, 11) is 0. The largest absolute Gasteiger partial charge is 0.310 e. The second-order valence-electron chi connectivity index (χ2n) is 5.40. The van der Waals surface area contributed by atoms with Gasteiger partial charge in [-0.15, -0.1) is 0 Å². The molecule has 2 nitrogen and oxygen atoms in total. The Bertz CT molecular complexity index is 438. The van der Waals surface area contributed by atoms with Crippen LogP contribution in [0.1, 0.15) is 24.8 Å². The van der Waals surface area contributed by atoms with Crippen LogP contribution >= 0.6 is 11.6 Å². The van der Waals surface area contributed by atoms with Crippen LogP contribution in [-0.4, -0.2) is 30.1 Å². The Morgan fingerprint density at radius 1 is 1.28 bits per heavy atom. The second-order valence-corrected chi connectivity index (χ2v) is 5.83. The molecule has 1 aromatic carbocycles. The van der Waals surface area contributed by atoms with Gasteiger partial charge < -0.3 is 5.32 Å². The second kappa shape index (κ2) is 5.16. The molecule has 2 fully saturated rings. The van der Waals surface area contributed by atoms with Crippen molar-refractivity contribution >= 4 is 11.6 Å². The van der Waals surface area contributed by atoms with E-state index in [-0.39, 0.29) is 5.82 Å². The van der Waals surface area contributed by atoms with Gasteiger partial charge in [0.1, 0.15) is 5.82 Å². The van der Waals surface area contributed by atoms with Gasteiger partial charge in [0.15, 0.2) is 0 Å². The van der Waals surface area contributed by atoms with E-state index in [0.717, 1.165) is 13.1 Å². The third kappa shape index (κ3) is 2.68. The minimum absolute atomic E-state index is 0.151. The number of nitrogens with one attached hydrogen (secondary N) is 1. The monoisotopic (exact) mass is 268 g/mol. The summed E-state index contributed by atoms with van der Waals surface area (Å²) < 4.78 is 13.7. The van der Waals surface area contributed by atoms with Crippen LogP contribution in [-0.2, 0) is 6.54 Å². The molecule has 2 unspecified atom stereocenters. The average molecular weight is 269 g/mol. The zero-order valence-corrected chi connectivity index (χ0v) is 11.1. The number of fused-ring (bicyclic) bond motifs is 2. The van der Waals surface area contributed by atoms with Crippen molar-refractivity contribution in [1.82, 2.24) is 10.2 Å². The Kier molecular flexibility index (Phi) is 3.55.